The van der Waals surface area contributed by atoms with Gasteiger partial charge in [-0.3, -0.25) is 13.9 Å². The zero-order valence-electron chi connectivity index (χ0n) is 21.2. The van der Waals surface area contributed by atoms with Gasteiger partial charge in [0.15, 0.2) is 0 Å². The van der Waals surface area contributed by atoms with E-state index in [1.165, 1.54) is 25.2 Å². The lowest BCUT2D eigenvalue weighted by atomic mass is 10.1. The number of benzene rings is 2. The minimum Gasteiger partial charge on any atom is -0.497 e. The summed E-state index contributed by atoms with van der Waals surface area (Å²) in [6.45, 7) is 5.63. The van der Waals surface area contributed by atoms with E-state index in [0.717, 1.165) is 28.1 Å². The van der Waals surface area contributed by atoms with E-state index in [0.29, 0.717) is 12.3 Å². The Morgan fingerprint density at radius 3 is 2.34 bits per heavy atom. The van der Waals surface area contributed by atoms with E-state index in [9.17, 15) is 18.0 Å². The van der Waals surface area contributed by atoms with Gasteiger partial charge in [0.05, 0.1) is 26.2 Å². The number of methoxy groups -OCH3 is 2. The van der Waals surface area contributed by atoms with Gasteiger partial charge >= 0.3 is 0 Å². The van der Waals surface area contributed by atoms with Gasteiger partial charge in [-0.2, -0.15) is 0 Å². The van der Waals surface area contributed by atoms with E-state index >= 15 is 0 Å². The summed E-state index contributed by atoms with van der Waals surface area (Å²) in [6.07, 6.45) is 1.77. The Morgan fingerprint density at radius 1 is 1.09 bits per heavy atom. The molecule has 0 aromatic heterocycles. The predicted molar refractivity (Wildman–Crippen MR) is 136 cm³/mol. The van der Waals surface area contributed by atoms with Gasteiger partial charge in [0.25, 0.3) is 0 Å². The lowest BCUT2D eigenvalue weighted by Gasteiger charge is -2.32. The van der Waals surface area contributed by atoms with E-state index in [4.69, 9.17) is 9.47 Å². The van der Waals surface area contributed by atoms with Crippen molar-refractivity contribution in [2.45, 2.75) is 39.8 Å². The number of nitrogens with zero attached hydrogens (tertiary/aromatic N) is 2. The largest absolute Gasteiger partial charge is 0.497 e. The fraction of sp³-hybridized carbons (Fsp3) is 0.440. The molecule has 2 aromatic carbocycles. The van der Waals surface area contributed by atoms with Crippen molar-refractivity contribution in [3.8, 4) is 11.5 Å². The van der Waals surface area contributed by atoms with Crippen molar-refractivity contribution in [2.24, 2.45) is 0 Å². The molecule has 0 aliphatic heterocycles. The first-order valence-corrected chi connectivity index (χ1v) is 13.2. The van der Waals surface area contributed by atoms with Gasteiger partial charge in [0, 0.05) is 19.2 Å². The van der Waals surface area contributed by atoms with Gasteiger partial charge in [-0.25, -0.2) is 8.42 Å². The molecule has 35 heavy (non-hydrogen) atoms. The third kappa shape index (κ3) is 7.35. The Bertz CT molecular complexity index is 1140. The summed E-state index contributed by atoms with van der Waals surface area (Å²) in [4.78, 5) is 27.8. The quantitative estimate of drug-likeness (QED) is 0.476. The summed E-state index contributed by atoms with van der Waals surface area (Å²) in [5.41, 5.74) is 2.02. The Balaban J connectivity index is 2.46. The van der Waals surface area contributed by atoms with Crippen LogP contribution in [0.4, 0.5) is 5.69 Å². The first-order chi connectivity index (χ1) is 16.5. The summed E-state index contributed by atoms with van der Waals surface area (Å²) >= 11 is 0. The van der Waals surface area contributed by atoms with Crippen LogP contribution in [0, 0.1) is 6.92 Å². The molecule has 0 saturated heterocycles. The third-order valence-electron chi connectivity index (χ3n) is 5.65. The van der Waals surface area contributed by atoms with Gasteiger partial charge in [-0.05, 0) is 43.5 Å². The molecule has 2 rings (SSSR count). The molecule has 9 nitrogen and oxygen atoms in total. The molecule has 0 fully saturated rings. The summed E-state index contributed by atoms with van der Waals surface area (Å²) in [7, 11) is -0.981. The molecule has 1 atom stereocenters. The van der Waals surface area contributed by atoms with E-state index in [-0.39, 0.29) is 23.9 Å². The van der Waals surface area contributed by atoms with E-state index in [2.05, 4.69) is 5.32 Å². The van der Waals surface area contributed by atoms with Crippen LogP contribution in [0.2, 0.25) is 0 Å². The van der Waals surface area contributed by atoms with Crippen LogP contribution in [0.25, 0.3) is 0 Å². The van der Waals surface area contributed by atoms with Crippen molar-refractivity contribution in [1.29, 1.82) is 0 Å². The van der Waals surface area contributed by atoms with Crippen LogP contribution in [-0.2, 0) is 26.2 Å². The number of nitrogens with one attached hydrogen (secondary N) is 1. The number of sulfonamides is 1. The highest BCUT2D eigenvalue weighted by Crippen LogP contribution is 2.33. The number of hydrogen-bond donors (Lipinski definition) is 1. The first kappa shape index (κ1) is 28.0. The topological polar surface area (TPSA) is 105 Å². The second-order valence-electron chi connectivity index (χ2n) is 8.22. The Kier molecular flexibility index (Phi) is 9.94. The van der Waals surface area contributed by atoms with Crippen molar-refractivity contribution < 1.29 is 27.5 Å². The highest BCUT2D eigenvalue weighted by atomic mass is 32.2. The number of anilines is 1. The van der Waals surface area contributed by atoms with Crippen molar-refractivity contribution in [3.05, 3.63) is 53.6 Å². The van der Waals surface area contributed by atoms with Gasteiger partial charge in [-0.15, -0.1) is 0 Å². The molecule has 0 heterocycles. The van der Waals surface area contributed by atoms with Crippen molar-refractivity contribution in [1.82, 2.24) is 10.2 Å². The van der Waals surface area contributed by atoms with E-state index in [1.54, 1.807) is 19.1 Å². The van der Waals surface area contributed by atoms with Gasteiger partial charge in [-0.1, -0.05) is 31.2 Å². The lowest BCUT2D eigenvalue weighted by molar-refractivity contribution is -0.139. The predicted octanol–water partition coefficient (Wildman–Crippen LogP) is 2.72. The number of hydrogen-bond acceptors (Lipinski definition) is 6. The Morgan fingerprint density at radius 2 is 1.77 bits per heavy atom. The second-order valence-corrected chi connectivity index (χ2v) is 10.1. The maximum Gasteiger partial charge on any atom is 0.244 e. The standard InChI is InChI=1S/C25H35N3O6S/c1-7-14-26-25(30)19(3)27(16-20-11-9-8-10-18(20)2)24(29)17-28(35(6,31)32)22-13-12-21(33-4)15-23(22)34-5/h8-13,15,19H,7,14,16-17H2,1-6H3,(H,26,30)/t19-/m1/s1. The van der Waals surface area contributed by atoms with E-state index in [1.807, 2.05) is 38.1 Å². The van der Waals surface area contributed by atoms with Gasteiger partial charge < -0.3 is 19.7 Å². The van der Waals surface area contributed by atoms with Gasteiger partial charge in [0.1, 0.15) is 24.1 Å². The summed E-state index contributed by atoms with van der Waals surface area (Å²) in [5.74, 6) is -0.105. The molecule has 2 amide bonds. The number of carbonyl (C=O) groups is 2. The van der Waals surface area contributed by atoms with Crippen LogP contribution in [0.5, 0.6) is 11.5 Å². The van der Waals surface area contributed by atoms with Crippen LogP contribution in [0.1, 0.15) is 31.4 Å². The minimum atomic E-state index is -3.88. The van der Waals surface area contributed by atoms with Crippen LogP contribution >= 0.6 is 0 Å². The second kappa shape index (κ2) is 12.4. The van der Waals surface area contributed by atoms with Gasteiger partial charge in [0.2, 0.25) is 21.8 Å². The van der Waals surface area contributed by atoms with Crippen LogP contribution in [-0.4, -0.2) is 64.7 Å². The summed E-state index contributed by atoms with van der Waals surface area (Å²) in [5, 5.41) is 2.82. The molecular formula is C25H35N3O6S. The molecule has 10 heteroatoms. The number of aryl methyl sites for hydroxylation is 1. The summed E-state index contributed by atoms with van der Waals surface area (Å²) in [6, 6.07) is 11.4. The third-order valence-corrected chi connectivity index (χ3v) is 6.78. The van der Waals surface area contributed by atoms with Crippen LogP contribution in [0.15, 0.2) is 42.5 Å². The normalized spacial score (nSPS) is 11.9. The average molecular weight is 506 g/mol. The molecule has 0 bridgehead atoms. The SMILES string of the molecule is CCCNC(=O)[C@@H](C)N(Cc1ccccc1C)C(=O)CN(c1ccc(OC)cc1OC)S(C)(=O)=O. The molecular weight excluding hydrogens is 470 g/mol. The fourth-order valence-corrected chi connectivity index (χ4v) is 4.39. The number of amides is 2. The van der Waals surface area contributed by atoms with Crippen molar-refractivity contribution >= 4 is 27.5 Å². The van der Waals surface area contributed by atoms with Crippen molar-refractivity contribution in [2.75, 3.05) is 37.9 Å². The molecule has 1 N–H and O–H groups in total. The molecule has 0 unspecified atom stereocenters. The maximum atomic E-state index is 13.6. The number of carbonyl (C=O) groups excluding carboxylic acids is 2. The number of rotatable bonds is 12. The average Bonchev–Trinajstić information content (AvgIpc) is 2.83. The highest BCUT2D eigenvalue weighted by molar-refractivity contribution is 7.92. The lowest BCUT2D eigenvalue weighted by Crippen LogP contribution is -2.51. The monoisotopic (exact) mass is 505 g/mol. The molecule has 2 aromatic rings. The molecule has 0 spiro atoms. The molecule has 0 saturated carbocycles. The molecule has 0 aliphatic carbocycles. The number of ether oxygens (including phenoxy) is 2. The van der Waals surface area contributed by atoms with E-state index < -0.39 is 28.5 Å². The summed E-state index contributed by atoms with van der Waals surface area (Å²) < 4.78 is 37.1. The van der Waals surface area contributed by atoms with Crippen LogP contribution < -0.4 is 19.1 Å². The molecule has 0 aliphatic rings. The first-order valence-electron chi connectivity index (χ1n) is 11.3. The Hall–Kier alpha value is -3.27. The molecule has 192 valence electrons. The smallest absolute Gasteiger partial charge is 0.244 e. The highest BCUT2D eigenvalue weighted by Gasteiger charge is 2.31. The maximum absolute atomic E-state index is 13.6. The fourth-order valence-electron chi connectivity index (χ4n) is 3.54. The molecule has 0 radical (unpaired) electrons. The van der Waals surface area contributed by atoms with Crippen molar-refractivity contribution in [3.63, 3.8) is 0 Å². The minimum absolute atomic E-state index is 0.156. The van der Waals surface area contributed by atoms with Crippen LogP contribution in [0.3, 0.4) is 0 Å². The Labute approximate surface area is 208 Å². The zero-order valence-corrected chi connectivity index (χ0v) is 22.0. The zero-order chi connectivity index (χ0) is 26.2.